The summed E-state index contributed by atoms with van der Waals surface area (Å²) in [5, 5.41) is 0. The topological polar surface area (TPSA) is 86.6 Å². The van der Waals surface area contributed by atoms with Crippen LogP contribution in [0.15, 0.2) is 53.7 Å². The van der Waals surface area contributed by atoms with E-state index in [0.29, 0.717) is 17.7 Å². The molecule has 0 radical (unpaired) electrons. The Morgan fingerprint density at radius 3 is 2.75 bits per heavy atom. The highest BCUT2D eigenvalue weighted by Gasteiger charge is 2.17. The molecule has 1 atom stereocenters. The Balaban J connectivity index is 1.61. The summed E-state index contributed by atoms with van der Waals surface area (Å²) in [6, 6.07) is 7.63. The number of terminal acetylenes is 1. The first-order valence-corrected chi connectivity index (χ1v) is 10.2. The minimum atomic E-state index is -3.73. The number of hydrogen-bond donors (Lipinski definition) is 1. The van der Waals surface area contributed by atoms with Crippen LogP contribution < -0.4 is 5.48 Å². The number of aromatic nitrogens is 1. The van der Waals surface area contributed by atoms with Crippen molar-refractivity contribution in [2.24, 2.45) is 0 Å². The van der Waals surface area contributed by atoms with Gasteiger partial charge < -0.3 is 4.74 Å². The highest BCUT2D eigenvalue weighted by Crippen LogP contribution is 2.17. The van der Waals surface area contributed by atoms with Crippen LogP contribution in [0.5, 0.6) is 0 Å². The molecule has 1 amide bonds. The zero-order valence-corrected chi connectivity index (χ0v) is 15.9. The van der Waals surface area contributed by atoms with Crippen molar-refractivity contribution in [3.05, 3.63) is 59.9 Å². The van der Waals surface area contributed by atoms with Gasteiger partial charge in [0.25, 0.3) is 15.9 Å². The molecule has 2 aromatic rings. The summed E-state index contributed by atoms with van der Waals surface area (Å²) in [5.74, 6) is 1.98. The Morgan fingerprint density at radius 1 is 1.29 bits per heavy atom. The Labute approximate surface area is 164 Å². The number of benzene rings is 1. The van der Waals surface area contributed by atoms with Gasteiger partial charge in [0.15, 0.2) is 6.29 Å². The van der Waals surface area contributed by atoms with Crippen molar-refractivity contribution < 1.29 is 22.8 Å². The maximum Gasteiger partial charge on any atom is 0.267 e. The molecule has 1 N–H and O–H groups in total. The molecule has 0 aliphatic carbocycles. The van der Waals surface area contributed by atoms with Gasteiger partial charge in [-0.05, 0) is 54.8 Å². The zero-order chi connectivity index (χ0) is 20.0. The van der Waals surface area contributed by atoms with E-state index >= 15 is 0 Å². The molecule has 3 rings (SSSR count). The molecule has 1 fully saturated rings. The van der Waals surface area contributed by atoms with Gasteiger partial charge in [-0.3, -0.25) is 4.79 Å². The molecule has 1 aromatic heterocycles. The first-order chi connectivity index (χ1) is 13.5. The summed E-state index contributed by atoms with van der Waals surface area (Å²) in [7, 11) is -3.73. The summed E-state index contributed by atoms with van der Waals surface area (Å²) in [6.45, 7) is 0.615. The van der Waals surface area contributed by atoms with Crippen molar-refractivity contribution in [3.63, 3.8) is 0 Å². The van der Waals surface area contributed by atoms with Crippen LogP contribution in [0.1, 0.15) is 30.4 Å². The molecule has 28 heavy (non-hydrogen) atoms. The van der Waals surface area contributed by atoms with Gasteiger partial charge in [0.2, 0.25) is 0 Å². The second kappa shape index (κ2) is 8.89. The molecule has 7 nitrogen and oxygen atoms in total. The van der Waals surface area contributed by atoms with E-state index in [1.165, 1.54) is 36.7 Å². The fourth-order valence-corrected chi connectivity index (χ4v) is 3.82. The zero-order valence-electron chi connectivity index (χ0n) is 15.1. The van der Waals surface area contributed by atoms with E-state index in [4.69, 9.17) is 16.0 Å². The van der Waals surface area contributed by atoms with Crippen molar-refractivity contribution in [2.75, 3.05) is 6.61 Å². The Kier molecular flexibility index (Phi) is 6.31. The fraction of sp³-hybridized carbons (Fsp3) is 0.250. The van der Waals surface area contributed by atoms with Crippen molar-refractivity contribution in [1.29, 1.82) is 0 Å². The van der Waals surface area contributed by atoms with Gasteiger partial charge in [0.05, 0.1) is 4.90 Å². The number of hydrogen-bond acceptors (Lipinski definition) is 5. The molecular weight excluding hydrogens is 380 g/mol. The molecule has 1 saturated heterocycles. The van der Waals surface area contributed by atoms with Crippen molar-refractivity contribution >= 4 is 22.0 Å². The maximum absolute atomic E-state index is 12.6. The molecular formula is C20H20N2O5S. The van der Waals surface area contributed by atoms with Gasteiger partial charge in [-0.25, -0.2) is 22.7 Å². The molecule has 1 aliphatic heterocycles. The maximum atomic E-state index is 12.6. The van der Waals surface area contributed by atoms with E-state index in [-0.39, 0.29) is 4.90 Å². The number of rotatable bonds is 6. The van der Waals surface area contributed by atoms with Crippen LogP contribution in [0, 0.1) is 12.3 Å². The summed E-state index contributed by atoms with van der Waals surface area (Å²) in [4.78, 5) is 17.1. The van der Waals surface area contributed by atoms with Crippen LogP contribution in [-0.2, 0) is 24.4 Å². The predicted molar refractivity (Wildman–Crippen MR) is 103 cm³/mol. The third kappa shape index (κ3) is 4.89. The van der Waals surface area contributed by atoms with Crippen LogP contribution in [0.4, 0.5) is 0 Å². The molecule has 2 heterocycles. The number of nitrogens with zero attached hydrogens (tertiary/aromatic N) is 1. The van der Waals surface area contributed by atoms with Gasteiger partial charge >= 0.3 is 0 Å². The first-order valence-electron chi connectivity index (χ1n) is 8.74. The number of amides is 1. The van der Waals surface area contributed by atoms with Crippen LogP contribution in [0.2, 0.25) is 0 Å². The Hall–Kier alpha value is -2.86. The van der Waals surface area contributed by atoms with Gasteiger partial charge in [-0.2, -0.15) is 0 Å². The number of carbonyl (C=O) groups is 1. The monoisotopic (exact) mass is 400 g/mol. The van der Waals surface area contributed by atoms with Crippen LogP contribution in [0.3, 0.4) is 0 Å². The van der Waals surface area contributed by atoms with E-state index in [0.717, 1.165) is 23.2 Å². The minimum absolute atomic E-state index is 0.122. The summed E-state index contributed by atoms with van der Waals surface area (Å²) in [5.41, 5.74) is 3.45. The van der Waals surface area contributed by atoms with E-state index < -0.39 is 22.2 Å². The van der Waals surface area contributed by atoms with E-state index in [1.807, 2.05) is 0 Å². The Bertz CT molecular complexity index is 994. The van der Waals surface area contributed by atoms with Gasteiger partial charge in [0.1, 0.15) is 0 Å². The van der Waals surface area contributed by atoms with Crippen molar-refractivity contribution in [3.8, 4) is 12.3 Å². The lowest BCUT2D eigenvalue weighted by molar-refractivity contribution is -0.198. The number of hydroxylamine groups is 1. The van der Waals surface area contributed by atoms with E-state index in [9.17, 15) is 13.2 Å². The van der Waals surface area contributed by atoms with Gasteiger partial charge in [-0.1, -0.05) is 5.92 Å². The molecule has 0 saturated carbocycles. The van der Waals surface area contributed by atoms with Crippen LogP contribution >= 0.6 is 0 Å². The highest BCUT2D eigenvalue weighted by molar-refractivity contribution is 7.90. The Morgan fingerprint density at radius 2 is 2.07 bits per heavy atom. The van der Waals surface area contributed by atoms with Gasteiger partial charge in [-0.15, -0.1) is 6.42 Å². The highest BCUT2D eigenvalue weighted by atomic mass is 32.2. The van der Waals surface area contributed by atoms with Crippen molar-refractivity contribution in [1.82, 2.24) is 9.45 Å². The third-order valence-corrected chi connectivity index (χ3v) is 5.79. The molecule has 8 heteroatoms. The van der Waals surface area contributed by atoms with Crippen LogP contribution in [0.25, 0.3) is 6.08 Å². The van der Waals surface area contributed by atoms with Crippen molar-refractivity contribution in [2.45, 2.75) is 30.4 Å². The van der Waals surface area contributed by atoms with E-state index in [1.54, 1.807) is 18.2 Å². The third-order valence-electron chi connectivity index (χ3n) is 4.14. The first kappa shape index (κ1) is 19.9. The van der Waals surface area contributed by atoms with Crippen LogP contribution in [-0.4, -0.2) is 31.2 Å². The normalized spacial score (nSPS) is 17.3. The lowest BCUT2D eigenvalue weighted by Crippen LogP contribution is -2.32. The molecule has 146 valence electrons. The second-order valence-electron chi connectivity index (χ2n) is 6.16. The molecule has 0 spiro atoms. The standard InChI is InChI=1S/C20H20N2O5S/c1-2-16-6-9-18(10-7-16)28(24,25)22-13-12-17(15-22)8-11-19(23)21-27-20-5-3-4-14-26-20/h1,6-13,15,20H,3-5,14H2,(H,21,23)/b11-8+. The average molecular weight is 400 g/mol. The molecule has 1 aliphatic rings. The summed E-state index contributed by atoms with van der Waals surface area (Å²) < 4.78 is 31.7. The lowest BCUT2D eigenvalue weighted by atomic mass is 10.2. The number of ether oxygens (including phenoxy) is 1. The van der Waals surface area contributed by atoms with Gasteiger partial charge in [0, 0.05) is 37.1 Å². The second-order valence-corrected chi connectivity index (χ2v) is 8.01. The SMILES string of the molecule is C#Cc1ccc(S(=O)(=O)n2ccc(/C=C/C(=O)NOC3CCCCO3)c2)cc1. The largest absolute Gasteiger partial charge is 0.350 e. The predicted octanol–water partition coefficient (Wildman–Crippen LogP) is 2.29. The van der Waals surface area contributed by atoms with E-state index in [2.05, 4.69) is 11.4 Å². The smallest absolute Gasteiger partial charge is 0.267 e. The molecule has 1 aromatic carbocycles. The quantitative estimate of drug-likeness (QED) is 0.457. The molecule has 0 bridgehead atoms. The average Bonchev–Trinajstić information content (AvgIpc) is 3.21. The summed E-state index contributed by atoms with van der Waals surface area (Å²) in [6.07, 6.45) is 13.1. The lowest BCUT2D eigenvalue weighted by Gasteiger charge is -2.21. The molecule has 1 unspecified atom stereocenters. The summed E-state index contributed by atoms with van der Waals surface area (Å²) >= 11 is 0. The number of nitrogens with one attached hydrogen (secondary N) is 1. The number of carbonyl (C=O) groups excluding carboxylic acids is 1. The minimum Gasteiger partial charge on any atom is -0.350 e. The fourth-order valence-electron chi connectivity index (χ4n) is 2.62.